The molecule has 1 unspecified atom stereocenters. The van der Waals surface area contributed by atoms with Crippen molar-refractivity contribution in [2.75, 3.05) is 19.8 Å². The van der Waals surface area contributed by atoms with E-state index in [9.17, 15) is 14.7 Å². The fraction of sp³-hybridized carbons (Fsp3) is 0.833. The predicted molar refractivity (Wildman–Crippen MR) is 66.5 cm³/mol. The predicted octanol–water partition coefficient (Wildman–Crippen LogP) is 1.06. The molecule has 0 saturated carbocycles. The number of carboxylic acids is 1. The molecule has 6 nitrogen and oxygen atoms in total. The Morgan fingerprint density at radius 2 is 2.17 bits per heavy atom. The third kappa shape index (κ3) is 3.13. The van der Waals surface area contributed by atoms with Gasteiger partial charge in [0.15, 0.2) is 5.54 Å². The first-order chi connectivity index (χ1) is 8.43. The molecule has 0 spiro atoms. The van der Waals surface area contributed by atoms with E-state index in [2.05, 4.69) is 5.32 Å². The van der Waals surface area contributed by atoms with Gasteiger partial charge in [-0.25, -0.2) is 9.59 Å². The molecule has 1 saturated heterocycles. The highest BCUT2D eigenvalue weighted by Gasteiger charge is 2.44. The molecule has 0 aromatic heterocycles. The van der Waals surface area contributed by atoms with Gasteiger partial charge in [-0.2, -0.15) is 0 Å². The number of ether oxygens (including phenoxy) is 1. The van der Waals surface area contributed by atoms with Gasteiger partial charge in [0.1, 0.15) is 0 Å². The first-order valence-corrected chi connectivity index (χ1v) is 6.33. The first kappa shape index (κ1) is 14.8. The smallest absolute Gasteiger partial charge is 0.332 e. The molecule has 1 heterocycles. The number of urea groups is 1. The Hall–Kier alpha value is -1.30. The minimum Gasteiger partial charge on any atom is -0.479 e. The maximum absolute atomic E-state index is 12.1. The molecule has 0 aliphatic carbocycles. The molecule has 0 aromatic rings. The second-order valence-electron chi connectivity index (χ2n) is 4.91. The SMILES string of the molecule is CCCN(C(=O)NC1(C(=O)O)CCOC1)C(C)C. The third-order valence-electron chi connectivity index (χ3n) is 3.13. The normalized spacial score (nSPS) is 23.1. The zero-order valence-electron chi connectivity index (χ0n) is 11.2. The summed E-state index contributed by atoms with van der Waals surface area (Å²) in [6, 6.07) is -0.294. The van der Waals surface area contributed by atoms with Gasteiger partial charge in [-0.15, -0.1) is 0 Å². The summed E-state index contributed by atoms with van der Waals surface area (Å²) in [5.41, 5.74) is -1.27. The minimum atomic E-state index is -1.27. The van der Waals surface area contributed by atoms with Crippen LogP contribution in [0, 0.1) is 0 Å². The van der Waals surface area contributed by atoms with Crippen molar-refractivity contribution in [3.8, 4) is 0 Å². The molecule has 1 fully saturated rings. The van der Waals surface area contributed by atoms with Crippen molar-refractivity contribution in [2.24, 2.45) is 0 Å². The standard InChI is InChI=1S/C12H22N2O4/c1-4-6-14(9(2)3)11(17)13-12(10(15)16)5-7-18-8-12/h9H,4-8H2,1-3H3,(H,13,17)(H,15,16). The van der Waals surface area contributed by atoms with Crippen LogP contribution in [0.15, 0.2) is 0 Å². The lowest BCUT2D eigenvalue weighted by atomic mass is 9.99. The number of nitrogens with one attached hydrogen (secondary N) is 1. The molecule has 1 aliphatic heterocycles. The van der Waals surface area contributed by atoms with E-state index in [4.69, 9.17) is 4.74 Å². The second-order valence-corrected chi connectivity index (χ2v) is 4.91. The van der Waals surface area contributed by atoms with E-state index in [0.717, 1.165) is 6.42 Å². The van der Waals surface area contributed by atoms with E-state index in [1.807, 2.05) is 20.8 Å². The summed E-state index contributed by atoms with van der Waals surface area (Å²) in [5.74, 6) is -1.03. The van der Waals surface area contributed by atoms with E-state index >= 15 is 0 Å². The van der Waals surface area contributed by atoms with Gasteiger partial charge in [0.25, 0.3) is 0 Å². The van der Waals surface area contributed by atoms with Crippen molar-refractivity contribution >= 4 is 12.0 Å². The Balaban J connectivity index is 2.74. The van der Waals surface area contributed by atoms with Crippen LogP contribution in [0.1, 0.15) is 33.6 Å². The molecule has 1 aliphatic rings. The number of aliphatic carboxylic acids is 1. The Bertz CT molecular complexity index is 311. The van der Waals surface area contributed by atoms with Gasteiger partial charge >= 0.3 is 12.0 Å². The highest BCUT2D eigenvalue weighted by atomic mass is 16.5. The molecular formula is C12H22N2O4. The zero-order valence-corrected chi connectivity index (χ0v) is 11.2. The summed E-state index contributed by atoms with van der Waals surface area (Å²) in [5, 5.41) is 11.9. The maximum atomic E-state index is 12.1. The van der Waals surface area contributed by atoms with Gasteiger partial charge in [0.05, 0.1) is 6.61 Å². The third-order valence-corrected chi connectivity index (χ3v) is 3.13. The quantitative estimate of drug-likeness (QED) is 0.773. The van der Waals surface area contributed by atoms with Crippen molar-refractivity contribution in [1.82, 2.24) is 10.2 Å². The van der Waals surface area contributed by atoms with Crippen LogP contribution in [0.2, 0.25) is 0 Å². The lowest BCUT2D eigenvalue weighted by Gasteiger charge is -2.31. The number of carbonyl (C=O) groups is 2. The number of carbonyl (C=O) groups excluding carboxylic acids is 1. The monoisotopic (exact) mass is 258 g/mol. The van der Waals surface area contributed by atoms with E-state index in [0.29, 0.717) is 19.6 Å². The summed E-state index contributed by atoms with van der Waals surface area (Å²) in [4.78, 5) is 25.1. The number of hydrogen-bond donors (Lipinski definition) is 2. The first-order valence-electron chi connectivity index (χ1n) is 6.33. The molecule has 104 valence electrons. The van der Waals surface area contributed by atoms with Crippen LogP contribution in [0.3, 0.4) is 0 Å². The molecule has 2 amide bonds. The van der Waals surface area contributed by atoms with Crippen LogP contribution in [0.25, 0.3) is 0 Å². The number of carboxylic acid groups (broad SMARTS) is 1. The van der Waals surface area contributed by atoms with Crippen LogP contribution in [0.4, 0.5) is 4.79 Å². The van der Waals surface area contributed by atoms with Gasteiger partial charge < -0.3 is 20.1 Å². The fourth-order valence-electron chi connectivity index (χ4n) is 2.00. The summed E-state index contributed by atoms with van der Waals surface area (Å²) < 4.78 is 5.11. The number of amides is 2. The molecule has 0 bridgehead atoms. The largest absolute Gasteiger partial charge is 0.479 e. The van der Waals surface area contributed by atoms with Crippen molar-refractivity contribution in [3.63, 3.8) is 0 Å². The minimum absolute atomic E-state index is 0.0339. The van der Waals surface area contributed by atoms with Gasteiger partial charge in [0.2, 0.25) is 0 Å². The van der Waals surface area contributed by atoms with Crippen molar-refractivity contribution < 1.29 is 19.4 Å². The van der Waals surface area contributed by atoms with E-state index in [1.165, 1.54) is 0 Å². The molecule has 18 heavy (non-hydrogen) atoms. The maximum Gasteiger partial charge on any atom is 0.332 e. The molecule has 0 radical (unpaired) electrons. The van der Waals surface area contributed by atoms with E-state index in [-0.39, 0.29) is 18.7 Å². The van der Waals surface area contributed by atoms with Crippen LogP contribution in [0.5, 0.6) is 0 Å². The van der Waals surface area contributed by atoms with Crippen LogP contribution >= 0.6 is 0 Å². The van der Waals surface area contributed by atoms with Crippen molar-refractivity contribution in [3.05, 3.63) is 0 Å². The Kier molecular flexibility index (Phi) is 4.95. The molecular weight excluding hydrogens is 236 g/mol. The summed E-state index contributed by atoms with van der Waals surface area (Å²) in [6.45, 7) is 6.81. The molecule has 1 atom stereocenters. The number of rotatable bonds is 5. The molecule has 0 aromatic carbocycles. The topological polar surface area (TPSA) is 78.9 Å². The molecule has 6 heteroatoms. The second kappa shape index (κ2) is 6.04. The van der Waals surface area contributed by atoms with Crippen LogP contribution in [-0.4, -0.2) is 53.3 Å². The molecule has 2 N–H and O–H groups in total. The van der Waals surface area contributed by atoms with E-state index < -0.39 is 11.5 Å². The number of hydrogen-bond acceptors (Lipinski definition) is 3. The fourth-order valence-corrected chi connectivity index (χ4v) is 2.00. The van der Waals surface area contributed by atoms with Gasteiger partial charge in [-0.1, -0.05) is 6.92 Å². The van der Waals surface area contributed by atoms with Gasteiger partial charge in [-0.3, -0.25) is 0 Å². The van der Waals surface area contributed by atoms with E-state index in [1.54, 1.807) is 4.90 Å². The van der Waals surface area contributed by atoms with Crippen molar-refractivity contribution in [1.29, 1.82) is 0 Å². The van der Waals surface area contributed by atoms with Crippen molar-refractivity contribution in [2.45, 2.75) is 45.2 Å². The summed E-state index contributed by atoms with van der Waals surface area (Å²) in [6.07, 6.45) is 1.15. The molecule has 1 rings (SSSR count). The van der Waals surface area contributed by atoms with Crippen LogP contribution < -0.4 is 5.32 Å². The lowest BCUT2D eigenvalue weighted by molar-refractivity contribution is -0.144. The lowest BCUT2D eigenvalue weighted by Crippen LogP contribution is -2.59. The van der Waals surface area contributed by atoms with Gasteiger partial charge in [-0.05, 0) is 20.3 Å². The van der Waals surface area contributed by atoms with Gasteiger partial charge in [0, 0.05) is 25.6 Å². The average molecular weight is 258 g/mol. The Morgan fingerprint density at radius 1 is 1.50 bits per heavy atom. The Labute approximate surface area is 107 Å². The van der Waals surface area contributed by atoms with Crippen LogP contribution in [-0.2, 0) is 9.53 Å². The zero-order chi connectivity index (χ0) is 13.8. The summed E-state index contributed by atoms with van der Waals surface area (Å²) in [7, 11) is 0. The number of nitrogens with zero attached hydrogens (tertiary/aromatic N) is 1. The average Bonchev–Trinajstić information content (AvgIpc) is 2.75. The summed E-state index contributed by atoms with van der Waals surface area (Å²) >= 11 is 0. The Morgan fingerprint density at radius 3 is 2.56 bits per heavy atom. The highest BCUT2D eigenvalue weighted by Crippen LogP contribution is 2.19. The highest BCUT2D eigenvalue weighted by molar-refractivity contribution is 5.86.